The molecule has 4 fully saturated rings. The predicted molar refractivity (Wildman–Crippen MR) is 85.7 cm³/mol. The maximum absolute atomic E-state index is 12.8. The highest BCUT2D eigenvalue weighted by Crippen LogP contribution is 2.61. The predicted octanol–water partition coefficient (Wildman–Crippen LogP) is 3.04. The van der Waals surface area contributed by atoms with Crippen molar-refractivity contribution >= 4 is 5.91 Å². The zero-order valence-electron chi connectivity index (χ0n) is 13.8. The van der Waals surface area contributed by atoms with E-state index in [9.17, 15) is 4.79 Å². The third-order valence-corrected chi connectivity index (χ3v) is 6.36. The molecule has 1 amide bonds. The average Bonchev–Trinajstić information content (AvgIpc) is 2.42. The van der Waals surface area contributed by atoms with Gasteiger partial charge in [-0.15, -0.1) is 0 Å². The largest absolute Gasteiger partial charge is 0.343 e. The highest BCUT2D eigenvalue weighted by Gasteiger charge is 2.51. The third-order valence-electron chi connectivity index (χ3n) is 6.36. The third kappa shape index (κ3) is 3.13. The van der Waals surface area contributed by atoms with Crippen LogP contribution < -0.4 is 5.73 Å². The number of carbonyl (C=O) groups excluding carboxylic acids is 1. The van der Waals surface area contributed by atoms with Crippen LogP contribution in [0.5, 0.6) is 0 Å². The molecule has 0 aromatic heterocycles. The molecule has 1 unspecified atom stereocenters. The second-order valence-electron chi connectivity index (χ2n) is 8.37. The summed E-state index contributed by atoms with van der Waals surface area (Å²) in [6.45, 7) is 6.57. The summed E-state index contributed by atoms with van der Waals surface area (Å²) in [6.07, 6.45) is 9.15. The average molecular weight is 292 g/mol. The molecule has 4 aliphatic carbocycles. The van der Waals surface area contributed by atoms with Crippen LogP contribution in [0.2, 0.25) is 0 Å². The summed E-state index contributed by atoms with van der Waals surface area (Å²) in [5, 5.41) is 0. The molecule has 4 aliphatic rings. The standard InChI is InChI=1S/C18H32N2O/c1-3-20(12-13(2)11-19)17(21)10-18-7-14-4-15(8-18)6-16(5-14)9-18/h13-16H,3-12,19H2,1-2H3. The molecule has 21 heavy (non-hydrogen) atoms. The molecule has 0 saturated heterocycles. The van der Waals surface area contributed by atoms with Crippen molar-refractivity contribution in [1.82, 2.24) is 4.90 Å². The SMILES string of the molecule is CCN(CC(C)CN)C(=O)CC12CC3CC(CC(C3)C1)C2. The molecule has 120 valence electrons. The van der Waals surface area contributed by atoms with Crippen LogP contribution in [0.1, 0.15) is 58.8 Å². The smallest absolute Gasteiger partial charge is 0.223 e. The molecular formula is C18H32N2O. The normalized spacial score (nSPS) is 38.5. The lowest BCUT2D eigenvalue weighted by Gasteiger charge is -2.57. The molecule has 1 atom stereocenters. The van der Waals surface area contributed by atoms with Gasteiger partial charge in [-0.2, -0.15) is 0 Å². The summed E-state index contributed by atoms with van der Waals surface area (Å²) in [6, 6.07) is 0. The van der Waals surface area contributed by atoms with Gasteiger partial charge in [0.1, 0.15) is 0 Å². The molecule has 0 spiro atoms. The molecule has 4 bridgehead atoms. The number of amides is 1. The molecule has 0 aromatic carbocycles. The Bertz CT molecular complexity index is 357. The van der Waals surface area contributed by atoms with Crippen LogP contribution in [0.25, 0.3) is 0 Å². The van der Waals surface area contributed by atoms with Crippen molar-refractivity contribution in [2.24, 2.45) is 34.8 Å². The van der Waals surface area contributed by atoms with E-state index < -0.39 is 0 Å². The zero-order chi connectivity index (χ0) is 15.0. The first-order valence-corrected chi connectivity index (χ1v) is 9.01. The molecule has 3 nitrogen and oxygen atoms in total. The molecular weight excluding hydrogens is 260 g/mol. The second-order valence-corrected chi connectivity index (χ2v) is 8.37. The van der Waals surface area contributed by atoms with Crippen molar-refractivity contribution in [3.63, 3.8) is 0 Å². The van der Waals surface area contributed by atoms with Gasteiger partial charge in [-0.05, 0) is 81.1 Å². The number of hydrogen-bond acceptors (Lipinski definition) is 2. The van der Waals surface area contributed by atoms with Gasteiger partial charge in [0.05, 0.1) is 0 Å². The maximum atomic E-state index is 12.8. The van der Waals surface area contributed by atoms with Gasteiger partial charge in [-0.25, -0.2) is 0 Å². The fourth-order valence-electron chi connectivity index (χ4n) is 5.80. The van der Waals surface area contributed by atoms with Gasteiger partial charge in [0, 0.05) is 19.5 Å². The van der Waals surface area contributed by atoms with E-state index in [1.54, 1.807) is 0 Å². The Morgan fingerprint density at radius 1 is 1.19 bits per heavy atom. The number of carbonyl (C=O) groups is 1. The van der Waals surface area contributed by atoms with E-state index >= 15 is 0 Å². The van der Waals surface area contributed by atoms with Gasteiger partial charge in [0.15, 0.2) is 0 Å². The molecule has 0 aromatic rings. The lowest BCUT2D eigenvalue weighted by molar-refractivity contribution is -0.139. The van der Waals surface area contributed by atoms with Crippen LogP contribution in [-0.2, 0) is 4.79 Å². The van der Waals surface area contributed by atoms with Crippen LogP contribution in [0.3, 0.4) is 0 Å². The molecule has 0 aliphatic heterocycles. The first-order chi connectivity index (χ1) is 10.0. The summed E-state index contributed by atoms with van der Waals surface area (Å²) < 4.78 is 0. The first-order valence-electron chi connectivity index (χ1n) is 9.01. The van der Waals surface area contributed by atoms with Crippen LogP contribution in [0, 0.1) is 29.1 Å². The molecule has 2 N–H and O–H groups in total. The van der Waals surface area contributed by atoms with E-state index in [0.717, 1.165) is 37.3 Å². The topological polar surface area (TPSA) is 46.3 Å². The van der Waals surface area contributed by atoms with Gasteiger partial charge in [0.25, 0.3) is 0 Å². The van der Waals surface area contributed by atoms with E-state index in [4.69, 9.17) is 5.73 Å². The summed E-state index contributed by atoms with van der Waals surface area (Å²) in [4.78, 5) is 14.8. The molecule has 3 heteroatoms. The van der Waals surface area contributed by atoms with Gasteiger partial charge >= 0.3 is 0 Å². The van der Waals surface area contributed by atoms with Crippen molar-refractivity contribution in [3.8, 4) is 0 Å². The minimum absolute atomic E-state index is 0.366. The number of hydrogen-bond donors (Lipinski definition) is 1. The van der Waals surface area contributed by atoms with Crippen molar-refractivity contribution in [3.05, 3.63) is 0 Å². The van der Waals surface area contributed by atoms with Crippen molar-refractivity contribution in [1.29, 1.82) is 0 Å². The Kier molecular flexibility index (Phi) is 4.31. The molecule has 4 saturated carbocycles. The maximum Gasteiger partial charge on any atom is 0.223 e. The molecule has 4 rings (SSSR count). The van der Waals surface area contributed by atoms with Gasteiger partial charge < -0.3 is 10.6 Å². The highest BCUT2D eigenvalue weighted by atomic mass is 16.2. The Morgan fingerprint density at radius 2 is 1.71 bits per heavy atom. The zero-order valence-corrected chi connectivity index (χ0v) is 13.8. The summed E-state index contributed by atoms with van der Waals surface area (Å²) in [5.41, 5.74) is 6.09. The van der Waals surface area contributed by atoms with E-state index in [-0.39, 0.29) is 0 Å². The lowest BCUT2D eigenvalue weighted by atomic mass is 9.49. The summed E-state index contributed by atoms with van der Waals surface area (Å²) in [5.74, 6) is 3.59. The monoisotopic (exact) mass is 292 g/mol. The fraction of sp³-hybridized carbons (Fsp3) is 0.944. The molecule has 0 heterocycles. The van der Waals surface area contributed by atoms with E-state index in [1.807, 2.05) is 0 Å². The van der Waals surface area contributed by atoms with E-state index in [0.29, 0.717) is 23.8 Å². The lowest BCUT2D eigenvalue weighted by Crippen LogP contribution is -2.49. The van der Waals surface area contributed by atoms with Crippen molar-refractivity contribution < 1.29 is 4.79 Å². The second kappa shape index (κ2) is 5.91. The Labute approximate surface area is 129 Å². The molecule has 0 radical (unpaired) electrons. The van der Waals surface area contributed by atoms with E-state index in [1.165, 1.54) is 38.5 Å². The van der Waals surface area contributed by atoms with Crippen molar-refractivity contribution in [2.45, 2.75) is 58.8 Å². The number of rotatable bonds is 6. The highest BCUT2D eigenvalue weighted by molar-refractivity contribution is 5.77. The van der Waals surface area contributed by atoms with Crippen LogP contribution >= 0.6 is 0 Å². The Hall–Kier alpha value is -0.570. The van der Waals surface area contributed by atoms with Crippen LogP contribution in [-0.4, -0.2) is 30.4 Å². The van der Waals surface area contributed by atoms with Gasteiger partial charge in [-0.3, -0.25) is 4.79 Å². The number of nitrogens with two attached hydrogens (primary N) is 1. The first kappa shape index (κ1) is 15.3. The fourth-order valence-corrected chi connectivity index (χ4v) is 5.80. The summed E-state index contributed by atoms with van der Waals surface area (Å²) >= 11 is 0. The Balaban J connectivity index is 1.63. The minimum Gasteiger partial charge on any atom is -0.343 e. The quantitative estimate of drug-likeness (QED) is 0.818. The van der Waals surface area contributed by atoms with E-state index in [2.05, 4.69) is 18.7 Å². The van der Waals surface area contributed by atoms with Crippen LogP contribution in [0.15, 0.2) is 0 Å². The van der Waals surface area contributed by atoms with Crippen LogP contribution in [0.4, 0.5) is 0 Å². The Morgan fingerprint density at radius 3 is 2.14 bits per heavy atom. The number of nitrogens with zero attached hydrogens (tertiary/aromatic N) is 1. The minimum atomic E-state index is 0.366. The van der Waals surface area contributed by atoms with Gasteiger partial charge in [-0.1, -0.05) is 6.92 Å². The van der Waals surface area contributed by atoms with Gasteiger partial charge in [0.2, 0.25) is 5.91 Å². The van der Waals surface area contributed by atoms with Crippen molar-refractivity contribution in [2.75, 3.05) is 19.6 Å². The summed E-state index contributed by atoms with van der Waals surface area (Å²) in [7, 11) is 0.